The molecule has 2 rings (SSSR count). The molecule has 0 aromatic carbocycles. The van der Waals surface area contributed by atoms with Crippen LogP contribution in [0.1, 0.15) is 12.8 Å². The third-order valence-electron chi connectivity index (χ3n) is 2.24. The number of hydrogen-bond acceptors (Lipinski definition) is 1. The van der Waals surface area contributed by atoms with Crippen LogP contribution < -0.4 is 0 Å². The van der Waals surface area contributed by atoms with Gasteiger partial charge >= 0.3 is 0 Å². The molecule has 2 heterocycles. The summed E-state index contributed by atoms with van der Waals surface area (Å²) in [6.45, 7) is 2.77. The zero-order valence-corrected chi connectivity index (χ0v) is 6.97. The highest BCUT2D eigenvalue weighted by Crippen LogP contribution is 2.35. The molecule has 1 nitrogen and oxygen atoms in total. The second-order valence-electron chi connectivity index (χ2n) is 2.82. The first kappa shape index (κ1) is 5.47. The fourth-order valence-corrected chi connectivity index (χ4v) is 2.96. The van der Waals surface area contributed by atoms with Crippen molar-refractivity contribution >= 4 is 22.6 Å². The van der Waals surface area contributed by atoms with Crippen molar-refractivity contribution in [2.45, 2.75) is 16.9 Å². The van der Waals surface area contributed by atoms with Crippen LogP contribution in [-0.2, 0) is 0 Å². The lowest BCUT2D eigenvalue weighted by Crippen LogP contribution is -2.23. The van der Waals surface area contributed by atoms with Gasteiger partial charge in [-0.1, -0.05) is 22.6 Å². The molecule has 2 bridgehead atoms. The van der Waals surface area contributed by atoms with Crippen molar-refractivity contribution in [3.8, 4) is 0 Å². The van der Waals surface area contributed by atoms with E-state index in [1.807, 2.05) is 0 Å². The van der Waals surface area contributed by atoms with Crippen LogP contribution in [-0.4, -0.2) is 22.0 Å². The van der Waals surface area contributed by atoms with Crippen molar-refractivity contribution in [1.82, 2.24) is 4.90 Å². The van der Waals surface area contributed by atoms with Gasteiger partial charge in [-0.25, -0.2) is 0 Å². The Balaban J connectivity index is 2.11. The van der Waals surface area contributed by atoms with E-state index >= 15 is 0 Å². The first-order chi connectivity index (χ1) is 3.86. The van der Waals surface area contributed by atoms with Gasteiger partial charge in [-0.05, 0) is 25.3 Å². The molecular weight excluding hydrogens is 213 g/mol. The minimum atomic E-state index is 0.881. The lowest BCUT2D eigenvalue weighted by molar-refractivity contribution is 0.353. The largest absolute Gasteiger partial charge is 0.291 e. The second-order valence-corrected chi connectivity index (χ2v) is 4.26. The average Bonchev–Trinajstić information content (AvgIpc) is 2.23. The smallest absolute Gasteiger partial charge is 0.0621 e. The zero-order chi connectivity index (χ0) is 5.56. The van der Waals surface area contributed by atoms with Gasteiger partial charge in [0.2, 0.25) is 0 Å². The molecule has 3 atom stereocenters. The molecule has 2 saturated heterocycles. The van der Waals surface area contributed by atoms with E-state index in [4.69, 9.17) is 0 Å². The number of rotatable bonds is 0. The monoisotopic (exact) mass is 223 g/mol. The van der Waals surface area contributed by atoms with Crippen molar-refractivity contribution in [2.75, 3.05) is 13.1 Å². The van der Waals surface area contributed by atoms with Gasteiger partial charge in [-0.2, -0.15) is 0 Å². The quantitative estimate of drug-likeness (QED) is 0.341. The lowest BCUT2D eigenvalue weighted by atomic mass is 10.1. The number of halogens is 1. The van der Waals surface area contributed by atoms with Gasteiger partial charge in [0.05, 0.1) is 4.05 Å². The van der Waals surface area contributed by atoms with Crippen LogP contribution in [0.4, 0.5) is 0 Å². The molecule has 0 aromatic heterocycles. The van der Waals surface area contributed by atoms with Crippen molar-refractivity contribution in [1.29, 1.82) is 0 Å². The van der Waals surface area contributed by atoms with Crippen molar-refractivity contribution in [3.63, 3.8) is 0 Å². The van der Waals surface area contributed by atoms with E-state index in [1.165, 1.54) is 25.9 Å². The highest BCUT2D eigenvalue weighted by molar-refractivity contribution is 14.1. The van der Waals surface area contributed by atoms with Gasteiger partial charge in [0.15, 0.2) is 0 Å². The Morgan fingerprint density at radius 1 is 1.50 bits per heavy atom. The molecule has 2 aliphatic heterocycles. The van der Waals surface area contributed by atoms with Crippen LogP contribution in [0.25, 0.3) is 0 Å². The van der Waals surface area contributed by atoms with Gasteiger partial charge < -0.3 is 0 Å². The molecule has 0 aliphatic carbocycles. The highest BCUT2D eigenvalue weighted by atomic mass is 127. The van der Waals surface area contributed by atoms with Crippen LogP contribution >= 0.6 is 22.6 Å². The number of nitrogens with zero attached hydrogens (tertiary/aromatic N) is 1. The SMILES string of the molecule is IC1CC2CCN1C2. The molecule has 8 heavy (non-hydrogen) atoms. The predicted octanol–water partition coefficient (Wildman–Crippen LogP) is 1.47. The van der Waals surface area contributed by atoms with Gasteiger partial charge in [0, 0.05) is 6.54 Å². The number of piperidine rings is 1. The van der Waals surface area contributed by atoms with Crippen molar-refractivity contribution in [2.24, 2.45) is 5.92 Å². The average molecular weight is 223 g/mol. The maximum absolute atomic E-state index is 2.59. The standard InChI is InChI=1S/C6H10IN/c7-6-3-5-1-2-8(6)4-5/h5-6H,1-4H2. The third-order valence-corrected chi connectivity index (χ3v) is 3.54. The molecule has 0 saturated carbocycles. The Hall–Kier alpha value is 0.690. The van der Waals surface area contributed by atoms with E-state index in [2.05, 4.69) is 27.5 Å². The number of hydrogen-bond donors (Lipinski definition) is 0. The molecule has 46 valence electrons. The molecule has 2 fully saturated rings. The third kappa shape index (κ3) is 0.692. The molecule has 2 heteroatoms. The Morgan fingerprint density at radius 2 is 2.38 bits per heavy atom. The fourth-order valence-electron chi connectivity index (χ4n) is 1.73. The van der Waals surface area contributed by atoms with E-state index in [0.29, 0.717) is 0 Å². The van der Waals surface area contributed by atoms with E-state index in [9.17, 15) is 0 Å². The summed E-state index contributed by atoms with van der Waals surface area (Å²) < 4.78 is 0.881. The Bertz CT molecular complexity index is 103. The molecule has 0 N–H and O–H groups in total. The Labute approximate surface area is 63.6 Å². The Kier molecular flexibility index (Phi) is 1.26. The first-order valence-corrected chi connectivity index (χ1v) is 4.49. The molecule has 0 radical (unpaired) electrons. The second kappa shape index (κ2) is 1.84. The maximum Gasteiger partial charge on any atom is 0.0621 e. The first-order valence-electron chi connectivity index (χ1n) is 3.24. The number of fused-ring (bicyclic) bond motifs is 2. The van der Waals surface area contributed by atoms with Gasteiger partial charge in [0.1, 0.15) is 0 Å². The predicted molar refractivity (Wildman–Crippen MR) is 42.1 cm³/mol. The topological polar surface area (TPSA) is 3.24 Å². The van der Waals surface area contributed by atoms with E-state index in [1.54, 1.807) is 0 Å². The van der Waals surface area contributed by atoms with Crippen LogP contribution in [0.5, 0.6) is 0 Å². The van der Waals surface area contributed by atoms with Crippen LogP contribution in [0.3, 0.4) is 0 Å². The fraction of sp³-hybridized carbons (Fsp3) is 1.00. The minimum absolute atomic E-state index is 0.881. The molecule has 0 spiro atoms. The summed E-state index contributed by atoms with van der Waals surface area (Å²) in [6.07, 6.45) is 2.93. The molecule has 0 amide bonds. The summed E-state index contributed by atoms with van der Waals surface area (Å²) >= 11 is 2.55. The highest BCUT2D eigenvalue weighted by Gasteiger charge is 2.35. The summed E-state index contributed by atoms with van der Waals surface area (Å²) in [5.41, 5.74) is 0. The summed E-state index contributed by atoms with van der Waals surface area (Å²) in [4.78, 5) is 2.59. The molecule has 2 aliphatic rings. The lowest BCUT2D eigenvalue weighted by Gasteiger charge is -2.17. The van der Waals surface area contributed by atoms with E-state index in [0.717, 1.165) is 9.97 Å². The summed E-state index contributed by atoms with van der Waals surface area (Å²) in [7, 11) is 0. The van der Waals surface area contributed by atoms with Gasteiger partial charge in [0.25, 0.3) is 0 Å². The molecular formula is C6H10IN. The molecule has 0 aromatic rings. The maximum atomic E-state index is 2.59. The van der Waals surface area contributed by atoms with Crippen molar-refractivity contribution in [3.05, 3.63) is 0 Å². The van der Waals surface area contributed by atoms with Crippen LogP contribution in [0.2, 0.25) is 0 Å². The van der Waals surface area contributed by atoms with Crippen LogP contribution in [0.15, 0.2) is 0 Å². The molecule has 3 unspecified atom stereocenters. The zero-order valence-electron chi connectivity index (χ0n) is 4.81. The summed E-state index contributed by atoms with van der Waals surface area (Å²) in [5, 5.41) is 0. The minimum Gasteiger partial charge on any atom is -0.291 e. The van der Waals surface area contributed by atoms with E-state index in [-0.39, 0.29) is 0 Å². The number of alkyl halides is 1. The Morgan fingerprint density at radius 3 is 2.62 bits per heavy atom. The van der Waals surface area contributed by atoms with Gasteiger partial charge in [-0.15, -0.1) is 0 Å². The summed E-state index contributed by atoms with van der Waals surface area (Å²) in [5.74, 6) is 1.07. The summed E-state index contributed by atoms with van der Waals surface area (Å²) in [6, 6.07) is 0. The van der Waals surface area contributed by atoms with Crippen molar-refractivity contribution < 1.29 is 0 Å². The van der Waals surface area contributed by atoms with Gasteiger partial charge in [-0.3, -0.25) is 4.90 Å². The van der Waals surface area contributed by atoms with E-state index < -0.39 is 0 Å². The normalized spacial score (nSPS) is 52.9. The van der Waals surface area contributed by atoms with Crippen LogP contribution in [0, 0.1) is 5.92 Å².